The molecule has 0 fully saturated rings. The summed E-state index contributed by atoms with van der Waals surface area (Å²) in [6, 6.07) is 9.30. The number of hydrogen-bond donors (Lipinski definition) is 2. The first kappa shape index (κ1) is 17.9. The van der Waals surface area contributed by atoms with Crippen LogP contribution in [0, 0.1) is 6.07 Å². The molecule has 0 bridgehead atoms. The SMILES string of the molecule is CC(C(=O)O)[P+](=O)[O-].Oc1c[c-]ccc1.[Na+]. The third-order valence-electron chi connectivity index (χ3n) is 1.36. The van der Waals surface area contributed by atoms with Gasteiger partial charge in [0.15, 0.2) is 0 Å². The van der Waals surface area contributed by atoms with Crippen LogP contribution in [0.4, 0.5) is 0 Å². The Morgan fingerprint density at radius 2 is 2.19 bits per heavy atom. The van der Waals surface area contributed by atoms with Crippen LogP contribution in [0.2, 0.25) is 0 Å². The minimum absolute atomic E-state index is 0. The second-order valence-electron chi connectivity index (χ2n) is 2.56. The van der Waals surface area contributed by atoms with Gasteiger partial charge in [0.05, 0.1) is 0 Å². The molecule has 0 saturated carbocycles. The van der Waals surface area contributed by atoms with Gasteiger partial charge in [0, 0.05) is 5.75 Å². The molecule has 1 aromatic rings. The Morgan fingerprint density at radius 3 is 2.31 bits per heavy atom. The Balaban J connectivity index is 0. The summed E-state index contributed by atoms with van der Waals surface area (Å²) >= 11 is 0. The Kier molecular flexibility index (Phi) is 10.9. The summed E-state index contributed by atoms with van der Waals surface area (Å²) in [4.78, 5) is 19.6. The van der Waals surface area contributed by atoms with Crippen LogP contribution in [0.5, 0.6) is 5.75 Å². The van der Waals surface area contributed by atoms with Gasteiger partial charge in [0.25, 0.3) is 0 Å². The molecule has 5 nitrogen and oxygen atoms in total. The molecule has 2 atom stereocenters. The van der Waals surface area contributed by atoms with E-state index in [0.717, 1.165) is 6.92 Å². The molecule has 82 valence electrons. The van der Waals surface area contributed by atoms with Crippen molar-refractivity contribution in [1.82, 2.24) is 0 Å². The zero-order valence-electron chi connectivity index (χ0n) is 8.95. The largest absolute Gasteiger partial charge is 1.00 e. The molecule has 7 heteroatoms. The number of phenolic OH excluding ortho intramolecular Hbond substituents is 1. The summed E-state index contributed by atoms with van der Waals surface area (Å²) in [5.41, 5.74) is -1.26. The van der Waals surface area contributed by atoms with Crippen LogP contribution in [0.15, 0.2) is 24.3 Å². The second kappa shape index (κ2) is 9.75. The molecule has 0 amide bonds. The first-order valence-electron chi connectivity index (χ1n) is 3.96. The van der Waals surface area contributed by atoms with E-state index in [1.807, 2.05) is 0 Å². The zero-order chi connectivity index (χ0) is 11.8. The van der Waals surface area contributed by atoms with E-state index >= 15 is 0 Å². The van der Waals surface area contributed by atoms with E-state index in [4.69, 9.17) is 10.2 Å². The zero-order valence-corrected chi connectivity index (χ0v) is 11.8. The number of aromatic hydroxyl groups is 1. The Morgan fingerprint density at radius 1 is 1.62 bits per heavy atom. The maximum Gasteiger partial charge on any atom is 1.00 e. The second-order valence-corrected chi connectivity index (χ2v) is 3.91. The Labute approximate surface area is 116 Å². The minimum Gasteiger partial charge on any atom is -0.595 e. The van der Waals surface area contributed by atoms with Crippen molar-refractivity contribution < 1.29 is 54.0 Å². The minimum atomic E-state index is -2.80. The summed E-state index contributed by atoms with van der Waals surface area (Å²) in [6.45, 7) is 1.12. The topological polar surface area (TPSA) is 97.7 Å². The van der Waals surface area contributed by atoms with Gasteiger partial charge in [-0.05, 0) is 6.92 Å². The van der Waals surface area contributed by atoms with Crippen molar-refractivity contribution in [3.05, 3.63) is 30.3 Å². The number of phenols is 1. The van der Waals surface area contributed by atoms with Crippen molar-refractivity contribution in [3.8, 4) is 5.75 Å². The molecule has 0 spiro atoms. The van der Waals surface area contributed by atoms with Gasteiger partial charge >= 0.3 is 43.6 Å². The van der Waals surface area contributed by atoms with Crippen molar-refractivity contribution in [2.24, 2.45) is 0 Å². The Bertz CT molecular complexity index is 316. The molecular formula is C9H10NaO5P. The standard InChI is InChI=1S/C6H5O.C3H5O4P.Na/c7-6-4-2-1-3-5-6;1-2(3(4)5)8(6)7;/h1-2,4-5,7H;2H,1H3,(H,4,5);/q-1;;+1. The van der Waals surface area contributed by atoms with Crippen LogP contribution in [0.25, 0.3) is 0 Å². The van der Waals surface area contributed by atoms with Gasteiger partial charge in [-0.3, -0.25) is 0 Å². The van der Waals surface area contributed by atoms with Crippen molar-refractivity contribution in [3.63, 3.8) is 0 Å². The van der Waals surface area contributed by atoms with Gasteiger partial charge in [0.1, 0.15) is 0 Å². The fraction of sp³-hybridized carbons (Fsp3) is 0.222. The molecule has 0 radical (unpaired) electrons. The summed E-state index contributed by atoms with van der Waals surface area (Å²) in [6.07, 6.45) is 0. The molecule has 16 heavy (non-hydrogen) atoms. The van der Waals surface area contributed by atoms with Crippen LogP contribution >= 0.6 is 8.03 Å². The summed E-state index contributed by atoms with van der Waals surface area (Å²) in [5, 5.41) is 16.6. The van der Waals surface area contributed by atoms with Crippen LogP contribution < -0.4 is 34.5 Å². The van der Waals surface area contributed by atoms with Gasteiger partial charge in [-0.25, -0.2) is 4.79 Å². The van der Waals surface area contributed by atoms with Crippen molar-refractivity contribution in [1.29, 1.82) is 0 Å². The van der Waals surface area contributed by atoms with Gasteiger partial charge < -0.3 is 15.1 Å². The average molecular weight is 252 g/mol. The van der Waals surface area contributed by atoms with Gasteiger partial charge in [-0.2, -0.15) is 18.2 Å². The smallest absolute Gasteiger partial charge is 0.595 e. The summed E-state index contributed by atoms with van der Waals surface area (Å²) in [5.74, 6) is -1.04. The predicted octanol–water partition coefficient (Wildman–Crippen LogP) is -2.24. The number of benzene rings is 1. The number of carboxylic acids is 1. The molecule has 2 N–H and O–H groups in total. The molecule has 1 rings (SSSR count). The number of aliphatic carboxylic acids is 1. The van der Waals surface area contributed by atoms with Crippen LogP contribution in [0.3, 0.4) is 0 Å². The maximum atomic E-state index is 9.80. The number of carbonyl (C=O) groups is 1. The van der Waals surface area contributed by atoms with Crippen LogP contribution in [-0.2, 0) is 9.36 Å². The first-order valence-corrected chi connectivity index (χ1v) is 5.21. The quantitative estimate of drug-likeness (QED) is 0.352. The van der Waals surface area contributed by atoms with Gasteiger partial charge in [0.2, 0.25) is 5.66 Å². The molecule has 0 aliphatic rings. The average Bonchev–Trinajstić information content (AvgIpc) is 2.18. The molecule has 0 heterocycles. The molecular weight excluding hydrogens is 242 g/mol. The van der Waals surface area contributed by atoms with E-state index in [1.54, 1.807) is 18.2 Å². The summed E-state index contributed by atoms with van der Waals surface area (Å²) < 4.78 is 9.80. The normalized spacial score (nSPS) is 11.2. The van der Waals surface area contributed by atoms with Crippen molar-refractivity contribution in [2.75, 3.05) is 0 Å². The van der Waals surface area contributed by atoms with E-state index in [9.17, 15) is 14.3 Å². The monoisotopic (exact) mass is 252 g/mol. The van der Waals surface area contributed by atoms with E-state index in [0.29, 0.717) is 0 Å². The molecule has 2 unspecified atom stereocenters. The van der Waals surface area contributed by atoms with E-state index < -0.39 is 19.7 Å². The van der Waals surface area contributed by atoms with Crippen LogP contribution in [-0.4, -0.2) is 21.8 Å². The number of rotatable bonds is 2. The molecule has 0 saturated heterocycles. The fourth-order valence-corrected chi connectivity index (χ4v) is 0.654. The number of carboxylic acid groups (broad SMARTS) is 1. The van der Waals surface area contributed by atoms with E-state index in [1.165, 1.54) is 6.07 Å². The van der Waals surface area contributed by atoms with Crippen molar-refractivity contribution in [2.45, 2.75) is 12.6 Å². The fourth-order valence-electron chi connectivity index (χ4n) is 0.474. The first-order chi connectivity index (χ1) is 6.95. The van der Waals surface area contributed by atoms with Crippen LogP contribution in [0.1, 0.15) is 6.92 Å². The molecule has 0 aliphatic carbocycles. The number of hydrogen-bond acceptors (Lipinski definition) is 4. The Hall–Kier alpha value is -0.450. The maximum absolute atomic E-state index is 9.80. The summed E-state index contributed by atoms with van der Waals surface area (Å²) in [7, 11) is -2.80. The van der Waals surface area contributed by atoms with Gasteiger partial charge in [-0.1, -0.05) is 4.57 Å². The molecule has 0 aromatic heterocycles. The van der Waals surface area contributed by atoms with E-state index in [-0.39, 0.29) is 35.3 Å². The molecule has 0 aliphatic heterocycles. The van der Waals surface area contributed by atoms with Crippen molar-refractivity contribution >= 4 is 14.0 Å². The third kappa shape index (κ3) is 8.83. The van der Waals surface area contributed by atoms with E-state index in [2.05, 4.69) is 6.07 Å². The van der Waals surface area contributed by atoms with Gasteiger partial charge in [-0.15, -0.1) is 12.1 Å². The third-order valence-corrected chi connectivity index (χ3v) is 2.22. The predicted molar refractivity (Wildman–Crippen MR) is 51.6 cm³/mol. The molecule has 1 aromatic carbocycles.